The molecule has 0 amide bonds. The Labute approximate surface area is 190 Å². The molecular formula is C28H30O4. The largest absolute Gasteiger partial charge is 0.383 e. The van der Waals surface area contributed by atoms with Crippen LogP contribution < -0.4 is 0 Å². The van der Waals surface area contributed by atoms with Crippen LogP contribution in [0.25, 0.3) is 0 Å². The van der Waals surface area contributed by atoms with Crippen molar-refractivity contribution >= 4 is 0 Å². The van der Waals surface area contributed by atoms with Gasteiger partial charge in [0.1, 0.15) is 17.8 Å². The van der Waals surface area contributed by atoms with Crippen molar-refractivity contribution in [2.45, 2.75) is 43.5 Å². The number of hydrogen-bond donors (Lipinski definition) is 1. The lowest BCUT2D eigenvalue weighted by molar-refractivity contribution is -0.233. The summed E-state index contributed by atoms with van der Waals surface area (Å²) in [5.74, 6) is 0. The minimum Gasteiger partial charge on any atom is -0.383 e. The lowest BCUT2D eigenvalue weighted by atomic mass is 9.82. The van der Waals surface area contributed by atoms with E-state index < -0.39 is 17.8 Å². The van der Waals surface area contributed by atoms with Gasteiger partial charge in [-0.3, -0.25) is 0 Å². The van der Waals surface area contributed by atoms with Crippen LogP contribution in [0.15, 0.2) is 104 Å². The second-order valence-corrected chi connectivity index (χ2v) is 8.19. The van der Waals surface area contributed by atoms with Crippen LogP contribution >= 0.6 is 0 Å². The maximum Gasteiger partial charge on any atom is 0.119 e. The molecule has 0 radical (unpaired) electrons. The monoisotopic (exact) mass is 430 g/mol. The number of hydrogen-bond acceptors (Lipinski definition) is 4. The van der Waals surface area contributed by atoms with Crippen LogP contribution in [0, 0.1) is 0 Å². The van der Waals surface area contributed by atoms with Crippen LogP contribution in [-0.4, -0.2) is 29.5 Å². The standard InChI is InChI=1S/C28H30O4/c1-2-28(29)18-25(24-16-10-5-11-17-24)32-26(21-30-19-22-12-6-3-7-13-22)27(28)31-20-23-14-8-4-9-15-23/h2-17,25-27,29H,1,18-21H2/t25-,26+,27+,28-/m0/s1. The summed E-state index contributed by atoms with van der Waals surface area (Å²) in [7, 11) is 0. The highest BCUT2D eigenvalue weighted by Crippen LogP contribution is 2.40. The van der Waals surface area contributed by atoms with E-state index in [2.05, 4.69) is 6.58 Å². The molecular weight excluding hydrogens is 400 g/mol. The lowest BCUT2D eigenvalue weighted by Crippen LogP contribution is -2.56. The normalized spacial score (nSPS) is 25.3. The summed E-state index contributed by atoms with van der Waals surface area (Å²) in [6.07, 6.45) is 0.627. The van der Waals surface area contributed by atoms with Crippen LogP contribution in [0.1, 0.15) is 29.2 Å². The Bertz CT molecular complexity index is 960. The SMILES string of the molecule is C=C[C@]1(O)C[C@@H](c2ccccc2)O[C@H](COCc2ccccc2)[C@H]1OCc1ccccc1. The molecule has 3 aromatic rings. The van der Waals surface area contributed by atoms with E-state index in [1.54, 1.807) is 6.08 Å². The Kier molecular flexibility index (Phi) is 7.51. The highest BCUT2D eigenvalue weighted by Gasteiger charge is 2.48. The van der Waals surface area contributed by atoms with Crippen LogP contribution in [0.2, 0.25) is 0 Å². The molecule has 166 valence electrons. The van der Waals surface area contributed by atoms with Crippen molar-refractivity contribution in [1.82, 2.24) is 0 Å². The summed E-state index contributed by atoms with van der Waals surface area (Å²) in [5, 5.41) is 11.6. The fraction of sp³-hybridized carbons (Fsp3) is 0.286. The molecule has 0 bridgehead atoms. The van der Waals surface area contributed by atoms with E-state index in [0.29, 0.717) is 26.2 Å². The van der Waals surface area contributed by atoms with E-state index in [1.165, 1.54) is 0 Å². The molecule has 1 aliphatic heterocycles. The number of benzene rings is 3. The van der Waals surface area contributed by atoms with E-state index in [9.17, 15) is 5.11 Å². The van der Waals surface area contributed by atoms with Gasteiger partial charge in [-0.2, -0.15) is 0 Å². The van der Waals surface area contributed by atoms with Gasteiger partial charge < -0.3 is 19.3 Å². The lowest BCUT2D eigenvalue weighted by Gasteiger charge is -2.46. The molecule has 4 heteroatoms. The van der Waals surface area contributed by atoms with E-state index in [-0.39, 0.29) is 6.10 Å². The molecule has 1 heterocycles. The number of ether oxygens (including phenoxy) is 3. The summed E-state index contributed by atoms with van der Waals surface area (Å²) in [6.45, 7) is 5.06. The number of rotatable bonds is 9. The van der Waals surface area contributed by atoms with Crippen LogP contribution in [-0.2, 0) is 27.4 Å². The van der Waals surface area contributed by atoms with Crippen LogP contribution in [0.3, 0.4) is 0 Å². The van der Waals surface area contributed by atoms with Gasteiger partial charge >= 0.3 is 0 Å². The zero-order valence-electron chi connectivity index (χ0n) is 18.2. The molecule has 4 rings (SSSR count). The fourth-order valence-corrected chi connectivity index (χ4v) is 4.13. The van der Waals surface area contributed by atoms with Crippen molar-refractivity contribution in [3.63, 3.8) is 0 Å². The zero-order chi connectivity index (χ0) is 22.2. The van der Waals surface area contributed by atoms with Gasteiger partial charge in [-0.05, 0) is 16.7 Å². The maximum absolute atomic E-state index is 11.6. The minimum atomic E-state index is -1.24. The summed E-state index contributed by atoms with van der Waals surface area (Å²) in [6, 6.07) is 29.9. The average molecular weight is 431 g/mol. The van der Waals surface area contributed by atoms with E-state index in [0.717, 1.165) is 16.7 Å². The van der Waals surface area contributed by atoms with Crippen molar-refractivity contribution in [1.29, 1.82) is 0 Å². The molecule has 1 saturated heterocycles. The highest BCUT2D eigenvalue weighted by molar-refractivity contribution is 5.22. The van der Waals surface area contributed by atoms with Gasteiger partial charge in [0.05, 0.1) is 25.9 Å². The second kappa shape index (κ2) is 10.7. The number of aliphatic hydroxyl groups is 1. The third kappa shape index (κ3) is 5.53. The van der Waals surface area contributed by atoms with Gasteiger partial charge in [-0.25, -0.2) is 0 Å². The predicted molar refractivity (Wildman–Crippen MR) is 125 cm³/mol. The van der Waals surface area contributed by atoms with E-state index in [1.807, 2.05) is 91.0 Å². The molecule has 3 aromatic carbocycles. The molecule has 0 saturated carbocycles. The van der Waals surface area contributed by atoms with Crippen LogP contribution in [0.5, 0.6) is 0 Å². The Morgan fingerprint density at radius 3 is 2.03 bits per heavy atom. The zero-order valence-corrected chi connectivity index (χ0v) is 18.2. The van der Waals surface area contributed by atoms with Gasteiger partial charge in [0.2, 0.25) is 0 Å². The molecule has 0 aliphatic carbocycles. The first-order valence-electron chi connectivity index (χ1n) is 11.0. The molecule has 0 aromatic heterocycles. The Morgan fingerprint density at radius 1 is 0.875 bits per heavy atom. The maximum atomic E-state index is 11.6. The predicted octanol–water partition coefficient (Wildman–Crippen LogP) is 5.24. The van der Waals surface area contributed by atoms with Crippen molar-refractivity contribution in [3.8, 4) is 0 Å². The molecule has 1 fully saturated rings. The van der Waals surface area contributed by atoms with E-state index in [4.69, 9.17) is 14.2 Å². The summed E-state index contributed by atoms with van der Waals surface area (Å²) in [5.41, 5.74) is 1.90. The molecule has 0 unspecified atom stereocenters. The van der Waals surface area contributed by atoms with Gasteiger partial charge in [-0.1, -0.05) is 97.1 Å². The Balaban J connectivity index is 1.52. The molecule has 1 aliphatic rings. The Hall–Kier alpha value is -2.76. The third-order valence-corrected chi connectivity index (χ3v) is 5.87. The first kappa shape index (κ1) is 22.4. The van der Waals surface area contributed by atoms with Crippen molar-refractivity contribution < 1.29 is 19.3 Å². The van der Waals surface area contributed by atoms with Gasteiger partial charge in [0.15, 0.2) is 0 Å². The third-order valence-electron chi connectivity index (χ3n) is 5.87. The van der Waals surface area contributed by atoms with Crippen molar-refractivity contribution in [3.05, 3.63) is 120 Å². The fourth-order valence-electron chi connectivity index (χ4n) is 4.13. The molecule has 4 atom stereocenters. The highest BCUT2D eigenvalue weighted by atomic mass is 16.6. The smallest absolute Gasteiger partial charge is 0.119 e. The summed E-state index contributed by atoms with van der Waals surface area (Å²) in [4.78, 5) is 0. The van der Waals surface area contributed by atoms with Gasteiger partial charge in [0.25, 0.3) is 0 Å². The van der Waals surface area contributed by atoms with Gasteiger partial charge in [0, 0.05) is 6.42 Å². The van der Waals surface area contributed by atoms with E-state index >= 15 is 0 Å². The quantitative estimate of drug-likeness (QED) is 0.472. The minimum absolute atomic E-state index is 0.277. The Morgan fingerprint density at radius 2 is 1.44 bits per heavy atom. The first-order valence-corrected chi connectivity index (χ1v) is 11.0. The average Bonchev–Trinajstić information content (AvgIpc) is 2.85. The molecule has 1 N–H and O–H groups in total. The second-order valence-electron chi connectivity index (χ2n) is 8.19. The first-order chi connectivity index (χ1) is 15.7. The van der Waals surface area contributed by atoms with Crippen molar-refractivity contribution in [2.24, 2.45) is 0 Å². The van der Waals surface area contributed by atoms with Crippen LogP contribution in [0.4, 0.5) is 0 Å². The summed E-state index contributed by atoms with van der Waals surface area (Å²) >= 11 is 0. The summed E-state index contributed by atoms with van der Waals surface area (Å²) < 4.78 is 18.7. The van der Waals surface area contributed by atoms with Gasteiger partial charge in [-0.15, -0.1) is 6.58 Å². The molecule has 0 spiro atoms. The topological polar surface area (TPSA) is 47.9 Å². The molecule has 4 nitrogen and oxygen atoms in total. The molecule has 32 heavy (non-hydrogen) atoms. The van der Waals surface area contributed by atoms with Crippen molar-refractivity contribution in [2.75, 3.05) is 6.61 Å².